The summed E-state index contributed by atoms with van der Waals surface area (Å²) in [5, 5.41) is 3.17. The second kappa shape index (κ2) is 7.28. The van der Waals surface area contributed by atoms with Gasteiger partial charge < -0.3 is 10.1 Å². The Bertz CT molecular complexity index is 335. The van der Waals surface area contributed by atoms with Crippen LogP contribution >= 0.6 is 0 Å². The molecular formula is C14H22FNO. The van der Waals surface area contributed by atoms with E-state index in [1.165, 1.54) is 7.11 Å². The summed E-state index contributed by atoms with van der Waals surface area (Å²) in [6, 6.07) is 5.35. The Morgan fingerprint density at radius 1 is 1.41 bits per heavy atom. The van der Waals surface area contributed by atoms with Crippen molar-refractivity contribution in [1.82, 2.24) is 5.32 Å². The molecule has 1 N–H and O–H groups in total. The lowest BCUT2D eigenvalue weighted by atomic mass is 9.94. The van der Waals surface area contributed by atoms with E-state index in [1.807, 2.05) is 19.2 Å². The molecule has 0 saturated heterocycles. The predicted molar refractivity (Wildman–Crippen MR) is 69.0 cm³/mol. The molecule has 0 aliphatic heterocycles. The highest BCUT2D eigenvalue weighted by molar-refractivity contribution is 5.31. The Kier molecular flexibility index (Phi) is 5.98. The summed E-state index contributed by atoms with van der Waals surface area (Å²) in [5.41, 5.74) is 0.748. The van der Waals surface area contributed by atoms with Crippen LogP contribution in [0.2, 0.25) is 0 Å². The smallest absolute Gasteiger partial charge is 0.168 e. The molecule has 96 valence electrons. The van der Waals surface area contributed by atoms with Gasteiger partial charge in [0.15, 0.2) is 11.6 Å². The highest BCUT2D eigenvalue weighted by Crippen LogP contribution is 2.23. The third kappa shape index (κ3) is 4.00. The third-order valence-corrected chi connectivity index (χ3v) is 2.96. The van der Waals surface area contributed by atoms with Crippen LogP contribution in [-0.4, -0.2) is 20.7 Å². The Hall–Kier alpha value is -1.09. The molecule has 0 fully saturated rings. The zero-order valence-electron chi connectivity index (χ0n) is 10.9. The highest BCUT2D eigenvalue weighted by atomic mass is 19.1. The first-order valence-electron chi connectivity index (χ1n) is 6.18. The fraction of sp³-hybridized carbons (Fsp3) is 0.571. The second-order valence-corrected chi connectivity index (χ2v) is 4.35. The molecule has 0 aliphatic carbocycles. The van der Waals surface area contributed by atoms with E-state index in [2.05, 4.69) is 12.2 Å². The fourth-order valence-electron chi connectivity index (χ4n) is 2.16. The lowest BCUT2D eigenvalue weighted by Crippen LogP contribution is -2.21. The van der Waals surface area contributed by atoms with Crippen molar-refractivity contribution < 1.29 is 9.13 Å². The monoisotopic (exact) mass is 239 g/mol. The molecular weight excluding hydrogens is 217 g/mol. The molecule has 0 aromatic heterocycles. The van der Waals surface area contributed by atoms with E-state index < -0.39 is 0 Å². The van der Waals surface area contributed by atoms with Gasteiger partial charge in [0.2, 0.25) is 0 Å². The van der Waals surface area contributed by atoms with E-state index in [0.717, 1.165) is 31.4 Å². The summed E-state index contributed by atoms with van der Waals surface area (Å²) in [7, 11) is 3.43. The normalized spacial score (nSPS) is 12.5. The molecule has 0 spiro atoms. The minimum atomic E-state index is -0.216. The Balaban J connectivity index is 2.77. The van der Waals surface area contributed by atoms with Gasteiger partial charge in [-0.05, 0) is 44.0 Å². The first kappa shape index (κ1) is 14.0. The quantitative estimate of drug-likeness (QED) is 0.789. The largest absolute Gasteiger partial charge is 0.494 e. The van der Waals surface area contributed by atoms with Gasteiger partial charge in [0, 0.05) is 0 Å². The number of hydrogen-bond donors (Lipinski definition) is 1. The van der Waals surface area contributed by atoms with Gasteiger partial charge in [-0.2, -0.15) is 0 Å². The van der Waals surface area contributed by atoms with E-state index in [9.17, 15) is 4.39 Å². The molecule has 1 rings (SSSR count). The van der Waals surface area contributed by atoms with E-state index >= 15 is 0 Å². The van der Waals surface area contributed by atoms with Crippen LogP contribution in [0.3, 0.4) is 0 Å². The fourth-order valence-corrected chi connectivity index (χ4v) is 2.16. The number of benzene rings is 1. The molecule has 1 atom stereocenters. The van der Waals surface area contributed by atoms with Crippen molar-refractivity contribution in [2.24, 2.45) is 5.92 Å². The van der Waals surface area contributed by atoms with Crippen molar-refractivity contribution in [2.75, 3.05) is 20.7 Å². The van der Waals surface area contributed by atoms with Gasteiger partial charge in [-0.3, -0.25) is 0 Å². The summed E-state index contributed by atoms with van der Waals surface area (Å²) in [6.07, 6.45) is 2.99. The number of methoxy groups -OCH3 is 1. The molecule has 0 bridgehead atoms. The maximum Gasteiger partial charge on any atom is 0.168 e. The zero-order chi connectivity index (χ0) is 12.7. The van der Waals surface area contributed by atoms with Crippen molar-refractivity contribution in [3.63, 3.8) is 0 Å². The molecule has 1 aromatic rings. The standard InChI is InChI=1S/C14H22FNO/c1-4-6-11(10-16-2)9-12-7-5-8-13(17-3)14(12)15/h5,7-8,11,16H,4,6,9-10H2,1-3H3. The molecule has 3 heteroatoms. The van der Waals surface area contributed by atoms with Crippen molar-refractivity contribution in [3.05, 3.63) is 29.6 Å². The van der Waals surface area contributed by atoms with Crippen LogP contribution in [0.25, 0.3) is 0 Å². The van der Waals surface area contributed by atoms with Crippen LogP contribution < -0.4 is 10.1 Å². The van der Waals surface area contributed by atoms with Crippen LogP contribution in [0.4, 0.5) is 4.39 Å². The van der Waals surface area contributed by atoms with E-state index in [4.69, 9.17) is 4.74 Å². The van der Waals surface area contributed by atoms with Gasteiger partial charge in [-0.25, -0.2) is 4.39 Å². The number of ether oxygens (including phenoxy) is 1. The van der Waals surface area contributed by atoms with Gasteiger partial charge >= 0.3 is 0 Å². The molecule has 0 heterocycles. The summed E-state index contributed by atoms with van der Waals surface area (Å²) in [4.78, 5) is 0. The minimum Gasteiger partial charge on any atom is -0.494 e. The van der Waals surface area contributed by atoms with Crippen LogP contribution in [0, 0.1) is 11.7 Å². The van der Waals surface area contributed by atoms with Gasteiger partial charge in [0.05, 0.1) is 7.11 Å². The summed E-state index contributed by atoms with van der Waals surface area (Å²) < 4.78 is 19.0. The molecule has 0 saturated carbocycles. The van der Waals surface area contributed by atoms with Crippen LogP contribution in [0.15, 0.2) is 18.2 Å². The lowest BCUT2D eigenvalue weighted by Gasteiger charge is -2.16. The van der Waals surface area contributed by atoms with E-state index in [0.29, 0.717) is 11.7 Å². The average molecular weight is 239 g/mol. The topological polar surface area (TPSA) is 21.3 Å². The van der Waals surface area contributed by atoms with Crippen molar-refractivity contribution >= 4 is 0 Å². The first-order valence-corrected chi connectivity index (χ1v) is 6.18. The van der Waals surface area contributed by atoms with Gasteiger partial charge in [0.25, 0.3) is 0 Å². The Labute approximate surface area is 103 Å². The average Bonchev–Trinajstić information content (AvgIpc) is 2.32. The molecule has 2 nitrogen and oxygen atoms in total. The molecule has 17 heavy (non-hydrogen) atoms. The molecule has 0 radical (unpaired) electrons. The SMILES string of the molecule is CCCC(CNC)Cc1cccc(OC)c1F. The van der Waals surface area contributed by atoms with Gasteiger partial charge in [0.1, 0.15) is 0 Å². The number of hydrogen-bond acceptors (Lipinski definition) is 2. The van der Waals surface area contributed by atoms with Crippen LogP contribution in [-0.2, 0) is 6.42 Å². The maximum absolute atomic E-state index is 14.0. The first-order chi connectivity index (χ1) is 8.22. The third-order valence-electron chi connectivity index (χ3n) is 2.96. The highest BCUT2D eigenvalue weighted by Gasteiger charge is 2.13. The minimum absolute atomic E-state index is 0.216. The number of halogens is 1. The van der Waals surface area contributed by atoms with Crippen molar-refractivity contribution in [3.8, 4) is 5.75 Å². The predicted octanol–water partition coefficient (Wildman–Crippen LogP) is 3.01. The van der Waals surface area contributed by atoms with Crippen LogP contribution in [0.5, 0.6) is 5.75 Å². The van der Waals surface area contributed by atoms with E-state index in [-0.39, 0.29) is 5.82 Å². The summed E-state index contributed by atoms with van der Waals surface area (Å²) in [6.45, 7) is 3.08. The number of rotatable bonds is 7. The van der Waals surface area contributed by atoms with Gasteiger partial charge in [-0.1, -0.05) is 25.5 Å². The summed E-state index contributed by atoms with van der Waals surface area (Å²) in [5.74, 6) is 0.598. The lowest BCUT2D eigenvalue weighted by molar-refractivity contribution is 0.379. The van der Waals surface area contributed by atoms with Gasteiger partial charge in [-0.15, -0.1) is 0 Å². The van der Waals surface area contributed by atoms with Crippen LogP contribution in [0.1, 0.15) is 25.3 Å². The molecule has 1 aromatic carbocycles. The maximum atomic E-state index is 14.0. The summed E-state index contributed by atoms with van der Waals surface area (Å²) >= 11 is 0. The number of nitrogens with one attached hydrogen (secondary N) is 1. The van der Waals surface area contributed by atoms with Crippen molar-refractivity contribution in [1.29, 1.82) is 0 Å². The molecule has 0 amide bonds. The second-order valence-electron chi connectivity index (χ2n) is 4.35. The molecule has 0 aliphatic rings. The Morgan fingerprint density at radius 3 is 2.76 bits per heavy atom. The zero-order valence-corrected chi connectivity index (χ0v) is 10.9. The Morgan fingerprint density at radius 2 is 2.18 bits per heavy atom. The molecule has 1 unspecified atom stereocenters. The van der Waals surface area contributed by atoms with Crippen molar-refractivity contribution in [2.45, 2.75) is 26.2 Å². The van der Waals surface area contributed by atoms with E-state index in [1.54, 1.807) is 6.07 Å².